The van der Waals surface area contributed by atoms with Crippen LogP contribution in [-0.2, 0) is 21.0 Å². The maximum Gasteiger partial charge on any atom is 0.143 e. The molecule has 0 amide bonds. The molecule has 22 heavy (non-hydrogen) atoms. The van der Waals surface area contributed by atoms with E-state index in [2.05, 4.69) is 5.48 Å². The summed E-state index contributed by atoms with van der Waals surface area (Å²) in [4.78, 5) is 27.9. The highest BCUT2D eigenvalue weighted by Gasteiger charge is 2.39. The maximum absolute atomic E-state index is 12.2. The van der Waals surface area contributed by atoms with Crippen molar-refractivity contribution in [2.45, 2.75) is 32.5 Å². The number of Topliss-reactive ketones (excluding diaryl/α,β-unsaturated/α-hetero) is 1. The number of benzene rings is 1. The van der Waals surface area contributed by atoms with Crippen molar-refractivity contribution in [1.29, 1.82) is 0 Å². The number of rotatable bonds is 11. The van der Waals surface area contributed by atoms with Gasteiger partial charge in [0.15, 0.2) is 0 Å². The molecule has 0 aliphatic heterocycles. The number of ketones is 1. The number of hydrogen-bond donors (Lipinski definition) is 3. The minimum Gasteiger partial charge on any atom is -0.394 e. The first-order valence-electron chi connectivity index (χ1n) is 7.19. The Hall–Kier alpha value is -1.60. The van der Waals surface area contributed by atoms with Gasteiger partial charge in [0.25, 0.3) is 0 Å². The molecule has 0 heterocycles. The summed E-state index contributed by atoms with van der Waals surface area (Å²) in [5.41, 5.74) is 2.42. The van der Waals surface area contributed by atoms with Crippen LogP contribution >= 0.6 is 0 Å². The van der Waals surface area contributed by atoms with Gasteiger partial charge in [-0.25, -0.2) is 5.48 Å². The van der Waals surface area contributed by atoms with Gasteiger partial charge in [0.1, 0.15) is 12.1 Å². The fourth-order valence-corrected chi connectivity index (χ4v) is 1.99. The van der Waals surface area contributed by atoms with Gasteiger partial charge in [0, 0.05) is 19.4 Å². The van der Waals surface area contributed by atoms with Crippen LogP contribution in [0.2, 0.25) is 0 Å². The lowest BCUT2D eigenvalue weighted by Gasteiger charge is -2.32. The van der Waals surface area contributed by atoms with Gasteiger partial charge >= 0.3 is 0 Å². The van der Waals surface area contributed by atoms with Crippen LogP contribution in [0.5, 0.6) is 0 Å². The molecule has 0 unspecified atom stereocenters. The first-order chi connectivity index (χ1) is 10.5. The number of aliphatic hydroxyl groups excluding tert-OH is 2. The quantitative estimate of drug-likeness (QED) is 0.315. The molecule has 6 nitrogen and oxygen atoms in total. The Balaban J connectivity index is 2.54. The Bertz CT molecular complexity index is 465. The van der Waals surface area contributed by atoms with E-state index in [-0.39, 0.29) is 25.2 Å². The summed E-state index contributed by atoms with van der Waals surface area (Å²) < 4.78 is 0. The SMILES string of the molecule is C[C@](CNOCc1ccccc1)(C(=O)CCC=O)[C@H](O)CO. The highest BCUT2D eigenvalue weighted by molar-refractivity contribution is 5.86. The smallest absolute Gasteiger partial charge is 0.143 e. The number of carbonyl (C=O) groups excluding carboxylic acids is 2. The summed E-state index contributed by atoms with van der Waals surface area (Å²) in [7, 11) is 0. The zero-order valence-electron chi connectivity index (χ0n) is 12.7. The lowest BCUT2D eigenvalue weighted by atomic mass is 9.78. The molecule has 1 aromatic rings. The number of aldehydes is 1. The maximum atomic E-state index is 12.2. The molecule has 0 saturated heterocycles. The Morgan fingerprint density at radius 3 is 2.68 bits per heavy atom. The molecule has 3 N–H and O–H groups in total. The molecule has 0 fully saturated rings. The third-order valence-corrected chi connectivity index (χ3v) is 3.66. The van der Waals surface area contributed by atoms with Crippen molar-refractivity contribution in [1.82, 2.24) is 5.48 Å². The van der Waals surface area contributed by atoms with E-state index in [9.17, 15) is 14.7 Å². The fourth-order valence-electron chi connectivity index (χ4n) is 1.99. The molecular weight excluding hydrogens is 286 g/mol. The van der Waals surface area contributed by atoms with Crippen LogP contribution in [0.25, 0.3) is 0 Å². The second kappa shape index (κ2) is 9.42. The molecular formula is C16H23NO5. The molecule has 0 saturated carbocycles. The highest BCUT2D eigenvalue weighted by atomic mass is 16.6. The summed E-state index contributed by atoms with van der Waals surface area (Å²) in [6.45, 7) is 1.36. The minimum absolute atomic E-state index is 0.0252. The predicted molar refractivity (Wildman–Crippen MR) is 80.7 cm³/mol. The van der Waals surface area contributed by atoms with Gasteiger partial charge in [-0.2, -0.15) is 0 Å². The second-order valence-electron chi connectivity index (χ2n) is 5.34. The molecule has 0 spiro atoms. The van der Waals surface area contributed by atoms with Crippen molar-refractivity contribution in [2.75, 3.05) is 13.2 Å². The summed E-state index contributed by atoms with van der Waals surface area (Å²) >= 11 is 0. The van der Waals surface area contributed by atoms with E-state index in [0.29, 0.717) is 12.9 Å². The first-order valence-corrected chi connectivity index (χ1v) is 7.19. The van der Waals surface area contributed by atoms with Crippen LogP contribution in [0.3, 0.4) is 0 Å². The molecule has 122 valence electrons. The number of hydrogen-bond acceptors (Lipinski definition) is 6. The Kier molecular flexibility index (Phi) is 7.90. The van der Waals surface area contributed by atoms with E-state index in [0.717, 1.165) is 5.56 Å². The van der Waals surface area contributed by atoms with Crippen molar-refractivity contribution in [3.8, 4) is 0 Å². The molecule has 0 aliphatic carbocycles. The molecule has 1 rings (SSSR count). The van der Waals surface area contributed by atoms with E-state index in [1.807, 2.05) is 30.3 Å². The molecule has 0 aliphatic rings. The van der Waals surface area contributed by atoms with Crippen LogP contribution in [0.1, 0.15) is 25.3 Å². The Labute approximate surface area is 130 Å². The van der Waals surface area contributed by atoms with Gasteiger partial charge in [-0.15, -0.1) is 0 Å². The van der Waals surface area contributed by atoms with Gasteiger partial charge < -0.3 is 15.0 Å². The molecule has 0 radical (unpaired) electrons. The standard InChI is InChI=1S/C16H23NO5/c1-16(15(21)10-19,14(20)8-5-9-18)12-17-22-11-13-6-3-2-4-7-13/h2-4,6-7,9,15,17,19,21H,5,8,10-12H2,1H3/t15-,16+/m1/s1. The van der Waals surface area contributed by atoms with Crippen LogP contribution in [0, 0.1) is 5.41 Å². The van der Waals surface area contributed by atoms with E-state index >= 15 is 0 Å². The van der Waals surface area contributed by atoms with Crippen molar-refractivity contribution in [3.05, 3.63) is 35.9 Å². The highest BCUT2D eigenvalue weighted by Crippen LogP contribution is 2.24. The van der Waals surface area contributed by atoms with E-state index in [1.165, 1.54) is 0 Å². The third kappa shape index (κ3) is 5.31. The van der Waals surface area contributed by atoms with E-state index in [1.54, 1.807) is 6.92 Å². The van der Waals surface area contributed by atoms with Gasteiger partial charge in [-0.3, -0.25) is 9.63 Å². The molecule has 2 atom stereocenters. The summed E-state index contributed by atoms with van der Waals surface area (Å²) in [5.74, 6) is -0.294. The Morgan fingerprint density at radius 2 is 2.09 bits per heavy atom. The minimum atomic E-state index is -1.22. The van der Waals surface area contributed by atoms with Crippen LogP contribution in [0.15, 0.2) is 30.3 Å². The molecule has 6 heteroatoms. The molecule has 0 bridgehead atoms. The first kappa shape index (κ1) is 18.4. The van der Waals surface area contributed by atoms with Crippen molar-refractivity contribution < 1.29 is 24.6 Å². The van der Waals surface area contributed by atoms with Crippen molar-refractivity contribution in [2.24, 2.45) is 5.41 Å². The van der Waals surface area contributed by atoms with Crippen molar-refractivity contribution >= 4 is 12.1 Å². The number of hydroxylamine groups is 1. The average molecular weight is 309 g/mol. The molecule has 0 aromatic heterocycles. The predicted octanol–water partition coefficient (Wildman–Crippen LogP) is 0.615. The zero-order valence-corrected chi connectivity index (χ0v) is 12.7. The third-order valence-electron chi connectivity index (χ3n) is 3.66. The summed E-state index contributed by atoms with van der Waals surface area (Å²) in [6.07, 6.45) is -0.447. The number of aliphatic hydroxyl groups is 2. The summed E-state index contributed by atoms with van der Waals surface area (Å²) in [5, 5.41) is 19.0. The van der Waals surface area contributed by atoms with Crippen LogP contribution in [-0.4, -0.2) is 41.5 Å². The van der Waals surface area contributed by atoms with Gasteiger partial charge in [-0.1, -0.05) is 30.3 Å². The topological polar surface area (TPSA) is 95.9 Å². The normalized spacial score (nSPS) is 15.0. The van der Waals surface area contributed by atoms with Crippen LogP contribution < -0.4 is 5.48 Å². The Morgan fingerprint density at radius 1 is 1.41 bits per heavy atom. The number of carbonyl (C=O) groups is 2. The number of nitrogens with one attached hydrogen (secondary N) is 1. The fraction of sp³-hybridized carbons (Fsp3) is 0.500. The lowest BCUT2D eigenvalue weighted by Crippen LogP contribution is -2.49. The van der Waals surface area contributed by atoms with Gasteiger partial charge in [0.2, 0.25) is 0 Å². The van der Waals surface area contributed by atoms with Gasteiger partial charge in [-0.05, 0) is 12.5 Å². The largest absolute Gasteiger partial charge is 0.394 e. The summed E-state index contributed by atoms with van der Waals surface area (Å²) in [6, 6.07) is 9.48. The molecule has 1 aromatic carbocycles. The van der Waals surface area contributed by atoms with Crippen molar-refractivity contribution in [3.63, 3.8) is 0 Å². The van der Waals surface area contributed by atoms with E-state index in [4.69, 9.17) is 9.94 Å². The lowest BCUT2D eigenvalue weighted by molar-refractivity contribution is -0.140. The van der Waals surface area contributed by atoms with Gasteiger partial charge in [0.05, 0.1) is 24.7 Å². The second-order valence-corrected chi connectivity index (χ2v) is 5.34. The van der Waals surface area contributed by atoms with E-state index < -0.39 is 18.1 Å². The average Bonchev–Trinajstić information content (AvgIpc) is 2.56. The monoisotopic (exact) mass is 309 g/mol. The zero-order chi connectivity index (χ0) is 16.4. The van der Waals surface area contributed by atoms with Crippen LogP contribution in [0.4, 0.5) is 0 Å².